The highest BCUT2D eigenvalue weighted by Crippen LogP contribution is 2.14. The minimum absolute atomic E-state index is 0.844. The molecule has 4 heteroatoms. The van der Waals surface area contributed by atoms with Crippen molar-refractivity contribution in [1.29, 1.82) is 0 Å². The molecule has 0 aliphatic heterocycles. The van der Waals surface area contributed by atoms with Crippen LogP contribution in [0.2, 0.25) is 0 Å². The van der Waals surface area contributed by atoms with Gasteiger partial charge in [0, 0.05) is 34.7 Å². The molecule has 0 aliphatic rings. The van der Waals surface area contributed by atoms with E-state index in [1.807, 2.05) is 17.5 Å². The molecular weight excluding hydrogens is 194 g/mol. The van der Waals surface area contributed by atoms with E-state index in [9.17, 15) is 0 Å². The van der Waals surface area contributed by atoms with Crippen molar-refractivity contribution in [3.05, 3.63) is 40.1 Å². The molecule has 2 aromatic rings. The molecule has 0 radical (unpaired) electrons. The number of hydrogen-bond acceptors (Lipinski definition) is 3. The first-order valence-electron chi connectivity index (χ1n) is 4.58. The Morgan fingerprint density at radius 3 is 3.00 bits per heavy atom. The Bertz CT molecular complexity index is 378. The average Bonchev–Trinajstić information content (AvgIpc) is 2.77. The summed E-state index contributed by atoms with van der Waals surface area (Å²) >= 11 is 1.84. The van der Waals surface area contributed by atoms with Crippen molar-refractivity contribution in [2.24, 2.45) is 0 Å². The zero-order chi connectivity index (χ0) is 9.80. The van der Waals surface area contributed by atoms with Gasteiger partial charge in [0.1, 0.15) is 0 Å². The predicted octanol–water partition coefficient (Wildman–Crippen LogP) is 2.07. The number of aromatic amines is 1. The number of imidazole rings is 1. The first-order chi connectivity index (χ1) is 6.84. The second kappa shape index (κ2) is 4.39. The number of thiophene rings is 1. The minimum Gasteiger partial charge on any atom is -0.347 e. The first kappa shape index (κ1) is 9.43. The molecule has 2 aromatic heterocycles. The van der Waals surface area contributed by atoms with Crippen molar-refractivity contribution in [3.63, 3.8) is 0 Å². The lowest BCUT2D eigenvalue weighted by Crippen LogP contribution is -2.11. The quantitative estimate of drug-likeness (QED) is 0.805. The Morgan fingerprint density at radius 2 is 2.36 bits per heavy atom. The number of H-pyrrole nitrogens is 1. The molecule has 0 saturated carbocycles. The summed E-state index contributed by atoms with van der Waals surface area (Å²) in [4.78, 5) is 9.76. The molecule has 14 heavy (non-hydrogen) atoms. The number of rotatable bonds is 4. The molecule has 0 unspecified atom stereocenters. The highest BCUT2D eigenvalue weighted by atomic mass is 32.1. The van der Waals surface area contributed by atoms with Crippen LogP contribution in [0.4, 0.5) is 0 Å². The molecule has 0 aromatic carbocycles. The Hall–Kier alpha value is -1.13. The maximum absolute atomic E-state index is 3.96. The van der Waals surface area contributed by atoms with Crippen LogP contribution >= 0.6 is 11.3 Å². The molecule has 74 valence electrons. The number of aryl methyl sites for hydroxylation is 1. The van der Waals surface area contributed by atoms with Crippen LogP contribution < -0.4 is 5.32 Å². The number of aromatic nitrogens is 2. The van der Waals surface area contributed by atoms with Gasteiger partial charge >= 0.3 is 0 Å². The zero-order valence-electron chi connectivity index (χ0n) is 8.08. The Balaban J connectivity index is 1.78. The molecule has 0 bridgehead atoms. The van der Waals surface area contributed by atoms with E-state index < -0.39 is 0 Å². The normalized spacial score (nSPS) is 10.6. The van der Waals surface area contributed by atoms with Crippen LogP contribution in [0.5, 0.6) is 0 Å². The molecule has 2 rings (SSSR count). The fraction of sp³-hybridized carbons (Fsp3) is 0.300. The van der Waals surface area contributed by atoms with Gasteiger partial charge in [-0.25, -0.2) is 4.98 Å². The smallest absolute Gasteiger partial charge is 0.0922 e. The van der Waals surface area contributed by atoms with E-state index in [4.69, 9.17) is 0 Å². The van der Waals surface area contributed by atoms with E-state index in [0.717, 1.165) is 18.8 Å². The first-order valence-corrected chi connectivity index (χ1v) is 5.39. The largest absolute Gasteiger partial charge is 0.347 e. The summed E-state index contributed by atoms with van der Waals surface area (Å²) < 4.78 is 0. The van der Waals surface area contributed by atoms with E-state index in [1.54, 1.807) is 6.33 Å². The summed E-state index contributed by atoms with van der Waals surface area (Å²) in [5.41, 5.74) is 1.12. The van der Waals surface area contributed by atoms with Crippen molar-refractivity contribution >= 4 is 11.3 Å². The van der Waals surface area contributed by atoms with Gasteiger partial charge in [0.05, 0.1) is 6.33 Å². The number of nitrogens with one attached hydrogen (secondary N) is 2. The van der Waals surface area contributed by atoms with Crippen molar-refractivity contribution in [2.75, 3.05) is 0 Å². The molecule has 0 fully saturated rings. The zero-order valence-corrected chi connectivity index (χ0v) is 8.90. The third kappa shape index (κ3) is 2.43. The second-order valence-corrected chi connectivity index (χ2v) is 4.57. The van der Waals surface area contributed by atoms with Gasteiger partial charge in [-0.1, -0.05) is 0 Å². The Kier molecular flexibility index (Phi) is 2.96. The maximum Gasteiger partial charge on any atom is 0.0922 e. The molecule has 0 spiro atoms. The monoisotopic (exact) mass is 207 g/mol. The molecule has 2 N–H and O–H groups in total. The summed E-state index contributed by atoms with van der Waals surface area (Å²) in [5, 5.41) is 3.36. The van der Waals surface area contributed by atoms with Crippen molar-refractivity contribution in [3.8, 4) is 0 Å². The van der Waals surface area contributed by atoms with Crippen LogP contribution in [-0.2, 0) is 13.1 Å². The van der Waals surface area contributed by atoms with Crippen LogP contribution in [0.1, 0.15) is 15.4 Å². The molecule has 0 atom stereocenters. The van der Waals surface area contributed by atoms with E-state index in [2.05, 4.69) is 34.3 Å². The SMILES string of the molecule is Cc1ccc(CNCc2cnc[nH]2)s1. The van der Waals surface area contributed by atoms with Gasteiger partial charge in [-0.15, -0.1) is 11.3 Å². The van der Waals surface area contributed by atoms with Crippen molar-refractivity contribution in [2.45, 2.75) is 20.0 Å². The van der Waals surface area contributed by atoms with Crippen LogP contribution in [0, 0.1) is 6.92 Å². The molecule has 0 aliphatic carbocycles. The van der Waals surface area contributed by atoms with Crippen LogP contribution in [0.15, 0.2) is 24.7 Å². The van der Waals surface area contributed by atoms with E-state index in [-0.39, 0.29) is 0 Å². The van der Waals surface area contributed by atoms with Crippen molar-refractivity contribution < 1.29 is 0 Å². The second-order valence-electron chi connectivity index (χ2n) is 3.19. The summed E-state index contributed by atoms with van der Waals surface area (Å²) in [6, 6.07) is 4.32. The van der Waals surface area contributed by atoms with Gasteiger partial charge in [-0.3, -0.25) is 0 Å². The molecule has 0 saturated heterocycles. The number of nitrogens with zero attached hydrogens (tertiary/aromatic N) is 1. The van der Waals surface area contributed by atoms with E-state index in [0.29, 0.717) is 0 Å². The lowest BCUT2D eigenvalue weighted by atomic mass is 10.4. The van der Waals surface area contributed by atoms with Gasteiger partial charge in [-0.2, -0.15) is 0 Å². The average molecular weight is 207 g/mol. The topological polar surface area (TPSA) is 40.7 Å². The fourth-order valence-corrected chi connectivity index (χ4v) is 2.14. The van der Waals surface area contributed by atoms with E-state index in [1.165, 1.54) is 9.75 Å². The third-order valence-electron chi connectivity index (χ3n) is 1.97. The summed E-state index contributed by atoms with van der Waals surface area (Å²) in [7, 11) is 0. The van der Waals surface area contributed by atoms with Gasteiger partial charge in [0.15, 0.2) is 0 Å². The summed E-state index contributed by atoms with van der Waals surface area (Å²) in [6.45, 7) is 3.90. The Labute approximate surface area is 87.2 Å². The number of hydrogen-bond donors (Lipinski definition) is 2. The fourth-order valence-electron chi connectivity index (χ4n) is 1.28. The van der Waals surface area contributed by atoms with Gasteiger partial charge < -0.3 is 10.3 Å². The molecule has 3 nitrogen and oxygen atoms in total. The van der Waals surface area contributed by atoms with Gasteiger partial charge in [0.2, 0.25) is 0 Å². The van der Waals surface area contributed by atoms with Crippen LogP contribution in [0.3, 0.4) is 0 Å². The summed E-state index contributed by atoms with van der Waals surface area (Å²) in [6.07, 6.45) is 3.54. The van der Waals surface area contributed by atoms with Crippen LogP contribution in [-0.4, -0.2) is 9.97 Å². The molecule has 2 heterocycles. The lowest BCUT2D eigenvalue weighted by Gasteiger charge is -1.99. The van der Waals surface area contributed by atoms with Gasteiger partial charge in [0.25, 0.3) is 0 Å². The lowest BCUT2D eigenvalue weighted by molar-refractivity contribution is 0.689. The van der Waals surface area contributed by atoms with Crippen LogP contribution in [0.25, 0.3) is 0 Å². The van der Waals surface area contributed by atoms with Gasteiger partial charge in [-0.05, 0) is 19.1 Å². The highest BCUT2D eigenvalue weighted by Gasteiger charge is 1.96. The third-order valence-corrected chi connectivity index (χ3v) is 2.97. The van der Waals surface area contributed by atoms with Crippen molar-refractivity contribution in [1.82, 2.24) is 15.3 Å². The standard InChI is InChI=1S/C10H13N3S/c1-8-2-3-10(14-8)6-11-4-9-5-12-7-13-9/h2-3,5,7,11H,4,6H2,1H3,(H,12,13). The predicted molar refractivity (Wildman–Crippen MR) is 58.2 cm³/mol. The van der Waals surface area contributed by atoms with E-state index >= 15 is 0 Å². The molecular formula is C10H13N3S. The molecule has 0 amide bonds. The maximum atomic E-state index is 3.96. The summed E-state index contributed by atoms with van der Waals surface area (Å²) in [5.74, 6) is 0. The highest BCUT2D eigenvalue weighted by molar-refractivity contribution is 7.11. The Morgan fingerprint density at radius 1 is 1.43 bits per heavy atom. The minimum atomic E-state index is 0.844.